The van der Waals surface area contributed by atoms with Gasteiger partial charge in [0.05, 0.1) is 32.3 Å². The van der Waals surface area contributed by atoms with Gasteiger partial charge < -0.3 is 24.4 Å². The Balaban J connectivity index is 1.76. The summed E-state index contributed by atoms with van der Waals surface area (Å²) in [5.41, 5.74) is 1.11. The van der Waals surface area contributed by atoms with Crippen molar-refractivity contribution in [1.29, 1.82) is 0 Å². The molecule has 1 saturated heterocycles. The third kappa shape index (κ3) is 3.65. The number of amides is 2. The molecule has 3 heterocycles. The van der Waals surface area contributed by atoms with E-state index in [0.29, 0.717) is 29.2 Å². The lowest BCUT2D eigenvalue weighted by molar-refractivity contribution is -0.124. The van der Waals surface area contributed by atoms with Crippen molar-refractivity contribution < 1.29 is 23.8 Å². The Kier molecular flexibility index (Phi) is 5.97. The topological polar surface area (TPSA) is 77.1 Å². The molecule has 1 aromatic heterocycles. The van der Waals surface area contributed by atoms with Gasteiger partial charge in [0.15, 0.2) is 11.5 Å². The van der Waals surface area contributed by atoms with Crippen molar-refractivity contribution in [2.24, 2.45) is 0 Å². The summed E-state index contributed by atoms with van der Waals surface area (Å²) in [6.07, 6.45) is 2.00. The molecule has 7 nitrogen and oxygen atoms in total. The van der Waals surface area contributed by atoms with Gasteiger partial charge in [-0.05, 0) is 42.0 Å². The molecule has 0 aliphatic carbocycles. The molecule has 8 heteroatoms. The number of fused-ring (bicyclic) bond motifs is 1. The van der Waals surface area contributed by atoms with Crippen LogP contribution in [0.2, 0.25) is 0 Å². The molecule has 160 valence electrons. The minimum absolute atomic E-state index is 0.0435. The zero-order valence-electron chi connectivity index (χ0n) is 17.3. The van der Waals surface area contributed by atoms with E-state index >= 15 is 0 Å². The molecule has 0 saturated carbocycles. The Morgan fingerprint density at radius 1 is 1.30 bits per heavy atom. The maximum atomic E-state index is 13.5. The standard InChI is InChI=1S/C22H26N2O5S/c1-24-20(18-7-5-9-30-18)19(21(25)23-12-13-6-4-8-29-13)14-10-16(27-2)17(28-3)11-15(14)22(24)26/h5,7,9-11,13,19-20H,4,6,8,12H2,1-3H3,(H,23,25)/t13-,19-,20-/m0/s1. The molecule has 0 spiro atoms. The molecular formula is C22H26N2O5S. The fourth-order valence-corrected chi connectivity index (χ4v) is 5.18. The fraction of sp³-hybridized carbons (Fsp3) is 0.455. The first-order valence-electron chi connectivity index (χ1n) is 10.0. The quantitative estimate of drug-likeness (QED) is 0.763. The maximum Gasteiger partial charge on any atom is 0.254 e. The molecule has 4 rings (SSSR count). The van der Waals surface area contributed by atoms with Gasteiger partial charge in [0.1, 0.15) is 0 Å². The van der Waals surface area contributed by atoms with Crippen molar-refractivity contribution in [3.63, 3.8) is 0 Å². The summed E-state index contributed by atoms with van der Waals surface area (Å²) < 4.78 is 16.5. The molecule has 1 aromatic carbocycles. The van der Waals surface area contributed by atoms with E-state index in [2.05, 4.69) is 5.32 Å². The Labute approximate surface area is 179 Å². The van der Waals surface area contributed by atoms with E-state index in [4.69, 9.17) is 14.2 Å². The number of thiophene rings is 1. The Bertz CT molecular complexity index is 924. The Morgan fingerprint density at radius 2 is 2.07 bits per heavy atom. The highest BCUT2D eigenvalue weighted by Gasteiger charge is 2.44. The molecule has 0 radical (unpaired) electrons. The monoisotopic (exact) mass is 430 g/mol. The normalized spacial score (nSPS) is 23.2. The number of methoxy groups -OCH3 is 2. The predicted molar refractivity (Wildman–Crippen MR) is 113 cm³/mol. The van der Waals surface area contributed by atoms with Crippen molar-refractivity contribution in [1.82, 2.24) is 10.2 Å². The van der Waals surface area contributed by atoms with Crippen molar-refractivity contribution >= 4 is 23.2 Å². The molecule has 30 heavy (non-hydrogen) atoms. The van der Waals surface area contributed by atoms with Crippen LogP contribution in [0.1, 0.15) is 45.6 Å². The lowest BCUT2D eigenvalue weighted by Crippen LogP contribution is -2.46. The van der Waals surface area contributed by atoms with Crippen molar-refractivity contribution in [2.45, 2.75) is 30.9 Å². The maximum absolute atomic E-state index is 13.5. The third-order valence-electron chi connectivity index (χ3n) is 5.82. The Hall–Kier alpha value is -2.58. The number of rotatable bonds is 6. The van der Waals surface area contributed by atoms with Gasteiger partial charge in [0, 0.05) is 30.6 Å². The highest BCUT2D eigenvalue weighted by molar-refractivity contribution is 7.10. The molecular weight excluding hydrogens is 404 g/mol. The Morgan fingerprint density at radius 3 is 2.70 bits per heavy atom. The van der Waals surface area contributed by atoms with Gasteiger partial charge in [-0.2, -0.15) is 0 Å². The summed E-state index contributed by atoms with van der Waals surface area (Å²) in [4.78, 5) is 29.3. The molecule has 1 N–H and O–H groups in total. The first kappa shape index (κ1) is 20.7. The third-order valence-corrected chi connectivity index (χ3v) is 6.76. The summed E-state index contributed by atoms with van der Waals surface area (Å²) in [5, 5.41) is 5.02. The van der Waals surface area contributed by atoms with E-state index in [9.17, 15) is 9.59 Å². The van der Waals surface area contributed by atoms with Crippen molar-refractivity contribution in [3.05, 3.63) is 45.6 Å². The largest absolute Gasteiger partial charge is 0.493 e. The minimum Gasteiger partial charge on any atom is -0.493 e. The van der Waals surface area contributed by atoms with Gasteiger partial charge in [-0.15, -0.1) is 11.3 Å². The molecule has 2 aliphatic heterocycles. The zero-order valence-corrected chi connectivity index (χ0v) is 18.2. The number of hydrogen-bond acceptors (Lipinski definition) is 6. The van der Waals surface area contributed by atoms with E-state index in [1.165, 1.54) is 18.4 Å². The average Bonchev–Trinajstić information content (AvgIpc) is 3.47. The van der Waals surface area contributed by atoms with Crippen LogP contribution >= 0.6 is 11.3 Å². The summed E-state index contributed by atoms with van der Waals surface area (Å²) in [5.74, 6) is 0.119. The predicted octanol–water partition coefficient (Wildman–Crippen LogP) is 2.97. The van der Waals surface area contributed by atoms with Crippen molar-refractivity contribution in [2.75, 3.05) is 34.4 Å². The number of benzene rings is 1. The minimum atomic E-state index is -0.567. The van der Waals surface area contributed by atoms with Crippen LogP contribution in [0.3, 0.4) is 0 Å². The summed E-state index contributed by atoms with van der Waals surface area (Å²) in [6, 6.07) is 6.93. The van der Waals surface area contributed by atoms with Crippen molar-refractivity contribution in [3.8, 4) is 11.5 Å². The average molecular weight is 431 g/mol. The summed E-state index contributed by atoms with van der Waals surface area (Å²) >= 11 is 1.54. The van der Waals surface area contributed by atoms with Gasteiger partial charge in [-0.1, -0.05) is 6.07 Å². The number of carbonyl (C=O) groups excluding carboxylic acids is 2. The van der Waals surface area contributed by atoms with E-state index in [1.807, 2.05) is 17.5 Å². The van der Waals surface area contributed by atoms with Gasteiger partial charge in [-0.3, -0.25) is 9.59 Å². The summed E-state index contributed by atoms with van der Waals surface area (Å²) in [6.45, 7) is 1.20. The van der Waals surface area contributed by atoms with E-state index in [1.54, 1.807) is 31.2 Å². The highest BCUT2D eigenvalue weighted by atomic mass is 32.1. The van der Waals surface area contributed by atoms with E-state index < -0.39 is 12.0 Å². The summed E-state index contributed by atoms with van der Waals surface area (Å²) in [7, 11) is 4.82. The van der Waals surface area contributed by atoms with Crippen LogP contribution in [0, 0.1) is 0 Å². The second-order valence-corrected chi connectivity index (χ2v) is 8.51. The van der Waals surface area contributed by atoms with E-state index in [-0.39, 0.29) is 17.9 Å². The lowest BCUT2D eigenvalue weighted by Gasteiger charge is -2.39. The SMILES string of the molecule is COc1cc2c(cc1OC)[C@H](C(=O)NC[C@@H]1CCCO1)[C@H](c1cccs1)N(C)C2=O. The van der Waals surface area contributed by atoms with Crippen LogP contribution in [0.4, 0.5) is 0 Å². The van der Waals surface area contributed by atoms with Crippen LogP contribution in [-0.4, -0.2) is 57.2 Å². The highest BCUT2D eigenvalue weighted by Crippen LogP contribution is 2.46. The first-order chi connectivity index (χ1) is 14.5. The number of likely N-dealkylation sites (N-methyl/N-ethyl adjacent to an activating group) is 1. The van der Waals surface area contributed by atoms with Crippen LogP contribution in [0.25, 0.3) is 0 Å². The van der Waals surface area contributed by atoms with Gasteiger partial charge in [0.25, 0.3) is 5.91 Å². The number of nitrogens with one attached hydrogen (secondary N) is 1. The van der Waals surface area contributed by atoms with Crippen LogP contribution < -0.4 is 14.8 Å². The zero-order chi connectivity index (χ0) is 21.3. The molecule has 0 unspecified atom stereocenters. The van der Waals surface area contributed by atoms with E-state index in [0.717, 1.165) is 24.3 Å². The lowest BCUT2D eigenvalue weighted by atomic mass is 9.81. The number of nitrogens with zero attached hydrogens (tertiary/aromatic N) is 1. The van der Waals surface area contributed by atoms with Crippen LogP contribution in [0.15, 0.2) is 29.6 Å². The second kappa shape index (κ2) is 8.65. The van der Waals surface area contributed by atoms with Gasteiger partial charge >= 0.3 is 0 Å². The molecule has 0 bridgehead atoms. The number of ether oxygens (including phenoxy) is 3. The smallest absolute Gasteiger partial charge is 0.254 e. The molecule has 3 atom stereocenters. The van der Waals surface area contributed by atoms with Gasteiger partial charge in [0.2, 0.25) is 5.91 Å². The fourth-order valence-electron chi connectivity index (χ4n) is 4.28. The molecule has 2 amide bonds. The molecule has 1 fully saturated rings. The van der Waals surface area contributed by atoms with Crippen LogP contribution in [0.5, 0.6) is 11.5 Å². The van der Waals surface area contributed by atoms with Crippen LogP contribution in [-0.2, 0) is 9.53 Å². The van der Waals surface area contributed by atoms with Gasteiger partial charge in [-0.25, -0.2) is 0 Å². The number of hydrogen-bond donors (Lipinski definition) is 1. The molecule has 2 aromatic rings. The molecule has 2 aliphatic rings. The first-order valence-corrected chi connectivity index (χ1v) is 10.9. The second-order valence-electron chi connectivity index (χ2n) is 7.53. The number of carbonyl (C=O) groups is 2.